The van der Waals surface area contributed by atoms with Crippen LogP contribution in [0.15, 0.2) is 0 Å². The van der Waals surface area contributed by atoms with Crippen molar-refractivity contribution in [3.8, 4) is 0 Å². The van der Waals surface area contributed by atoms with E-state index in [2.05, 4.69) is 4.72 Å². The second kappa shape index (κ2) is 7.31. The summed E-state index contributed by atoms with van der Waals surface area (Å²) in [6.07, 6.45) is 1.23. The molecule has 0 aromatic heterocycles. The largest absolute Gasteiger partial charge is 0.383 e. The molecule has 0 aromatic carbocycles. The van der Waals surface area contributed by atoms with Crippen molar-refractivity contribution in [2.75, 3.05) is 26.0 Å². The summed E-state index contributed by atoms with van der Waals surface area (Å²) in [5.74, 6) is 0.163. The minimum atomic E-state index is -3.17. The molecular formula is C11H26N2O3S. The molecule has 0 aliphatic carbocycles. The lowest BCUT2D eigenvalue weighted by Crippen LogP contribution is -2.34. The molecule has 0 aliphatic rings. The third kappa shape index (κ3) is 10.7. The topological polar surface area (TPSA) is 81.4 Å². The smallest absolute Gasteiger partial charge is 0.211 e. The van der Waals surface area contributed by atoms with E-state index in [0.29, 0.717) is 26.0 Å². The average Bonchev–Trinajstić information content (AvgIpc) is 2.14. The van der Waals surface area contributed by atoms with Gasteiger partial charge in [-0.1, -0.05) is 20.8 Å². The van der Waals surface area contributed by atoms with E-state index >= 15 is 0 Å². The molecule has 17 heavy (non-hydrogen) atoms. The van der Waals surface area contributed by atoms with Gasteiger partial charge in [-0.2, -0.15) is 0 Å². The molecule has 104 valence electrons. The quantitative estimate of drug-likeness (QED) is 0.678. The summed E-state index contributed by atoms with van der Waals surface area (Å²) < 4.78 is 30.7. The van der Waals surface area contributed by atoms with Crippen LogP contribution in [0.2, 0.25) is 0 Å². The Balaban J connectivity index is 3.87. The summed E-state index contributed by atoms with van der Waals surface area (Å²) in [5.41, 5.74) is 5.73. The second-order valence-corrected chi connectivity index (χ2v) is 7.45. The standard InChI is InChI=1S/C11H26N2O3S/c1-11(2,3)6-8-17(14,15)13-7-5-10(12)9-16-4/h10,13H,5-9,12H2,1-4H3. The second-order valence-electron chi connectivity index (χ2n) is 5.53. The highest BCUT2D eigenvalue weighted by Crippen LogP contribution is 2.18. The molecular weight excluding hydrogens is 240 g/mol. The molecule has 0 fully saturated rings. The Kier molecular flexibility index (Phi) is 7.23. The molecule has 1 unspecified atom stereocenters. The van der Waals surface area contributed by atoms with Gasteiger partial charge >= 0.3 is 0 Å². The Morgan fingerprint density at radius 3 is 2.41 bits per heavy atom. The van der Waals surface area contributed by atoms with E-state index in [9.17, 15) is 8.42 Å². The molecule has 0 heterocycles. The maximum absolute atomic E-state index is 11.6. The summed E-state index contributed by atoms with van der Waals surface area (Å²) in [4.78, 5) is 0. The maximum Gasteiger partial charge on any atom is 0.211 e. The third-order valence-electron chi connectivity index (χ3n) is 2.34. The first-order valence-corrected chi connectivity index (χ1v) is 7.53. The van der Waals surface area contributed by atoms with Gasteiger partial charge in [0.25, 0.3) is 0 Å². The number of hydrogen-bond acceptors (Lipinski definition) is 4. The zero-order chi connectivity index (χ0) is 13.5. The van der Waals surface area contributed by atoms with Crippen molar-refractivity contribution in [1.82, 2.24) is 4.72 Å². The van der Waals surface area contributed by atoms with Gasteiger partial charge < -0.3 is 10.5 Å². The summed E-state index contributed by atoms with van der Waals surface area (Å²) in [7, 11) is -1.60. The van der Waals surface area contributed by atoms with E-state index in [1.807, 2.05) is 20.8 Å². The lowest BCUT2D eigenvalue weighted by atomic mass is 9.94. The van der Waals surface area contributed by atoms with Crippen LogP contribution in [-0.4, -0.2) is 40.5 Å². The van der Waals surface area contributed by atoms with Crippen LogP contribution in [0.25, 0.3) is 0 Å². The predicted molar refractivity (Wildman–Crippen MR) is 70.3 cm³/mol. The fraction of sp³-hybridized carbons (Fsp3) is 1.00. The highest BCUT2D eigenvalue weighted by Gasteiger charge is 2.17. The average molecular weight is 266 g/mol. The number of hydrogen-bond donors (Lipinski definition) is 2. The van der Waals surface area contributed by atoms with Gasteiger partial charge in [0.05, 0.1) is 12.4 Å². The Bertz CT molecular complexity index is 296. The van der Waals surface area contributed by atoms with Crippen molar-refractivity contribution >= 4 is 10.0 Å². The Morgan fingerprint density at radius 2 is 1.94 bits per heavy atom. The molecule has 0 rings (SSSR count). The van der Waals surface area contributed by atoms with Gasteiger partial charge in [0.1, 0.15) is 0 Å². The molecule has 5 nitrogen and oxygen atoms in total. The van der Waals surface area contributed by atoms with Crippen LogP contribution in [0.1, 0.15) is 33.6 Å². The molecule has 0 aliphatic heterocycles. The molecule has 0 saturated carbocycles. The number of ether oxygens (including phenoxy) is 1. The molecule has 0 radical (unpaired) electrons. The molecule has 0 saturated heterocycles. The van der Waals surface area contributed by atoms with Crippen LogP contribution >= 0.6 is 0 Å². The van der Waals surface area contributed by atoms with Crippen LogP contribution in [0, 0.1) is 5.41 Å². The van der Waals surface area contributed by atoms with E-state index in [-0.39, 0.29) is 17.2 Å². The van der Waals surface area contributed by atoms with Crippen LogP contribution in [0.5, 0.6) is 0 Å². The first-order valence-electron chi connectivity index (χ1n) is 5.88. The van der Waals surface area contributed by atoms with Crippen molar-refractivity contribution in [1.29, 1.82) is 0 Å². The van der Waals surface area contributed by atoms with Crippen LogP contribution in [0.4, 0.5) is 0 Å². The Labute approximate surface area is 105 Å². The molecule has 1 atom stereocenters. The summed E-state index contributed by atoms with van der Waals surface area (Å²) in [6.45, 7) is 6.89. The number of rotatable bonds is 8. The van der Waals surface area contributed by atoms with Crippen molar-refractivity contribution < 1.29 is 13.2 Å². The van der Waals surface area contributed by atoms with Gasteiger partial charge in [0, 0.05) is 19.7 Å². The third-order valence-corrected chi connectivity index (χ3v) is 3.72. The molecule has 0 bridgehead atoms. The minimum absolute atomic E-state index is 0.0290. The molecule has 0 aromatic rings. The summed E-state index contributed by atoms with van der Waals surface area (Å²) in [6, 6.07) is -0.120. The zero-order valence-corrected chi connectivity index (χ0v) is 12.1. The van der Waals surface area contributed by atoms with Gasteiger partial charge in [-0.05, 0) is 18.3 Å². The van der Waals surface area contributed by atoms with Crippen molar-refractivity contribution in [3.05, 3.63) is 0 Å². The lowest BCUT2D eigenvalue weighted by Gasteiger charge is -2.18. The number of nitrogens with two attached hydrogens (primary N) is 1. The Morgan fingerprint density at radius 1 is 1.35 bits per heavy atom. The van der Waals surface area contributed by atoms with Crippen molar-refractivity contribution in [3.63, 3.8) is 0 Å². The van der Waals surface area contributed by atoms with Gasteiger partial charge in [0.15, 0.2) is 0 Å². The first kappa shape index (κ1) is 16.8. The number of nitrogens with one attached hydrogen (secondary N) is 1. The number of sulfonamides is 1. The zero-order valence-electron chi connectivity index (χ0n) is 11.3. The Hall–Kier alpha value is -0.170. The van der Waals surface area contributed by atoms with Crippen LogP contribution in [-0.2, 0) is 14.8 Å². The van der Waals surface area contributed by atoms with Gasteiger partial charge in [-0.3, -0.25) is 0 Å². The van der Waals surface area contributed by atoms with E-state index in [1.54, 1.807) is 7.11 Å². The number of methoxy groups -OCH3 is 1. The molecule has 0 spiro atoms. The van der Waals surface area contributed by atoms with E-state index < -0.39 is 10.0 Å². The van der Waals surface area contributed by atoms with E-state index in [1.165, 1.54) is 0 Å². The normalized spacial score (nSPS) is 14.9. The van der Waals surface area contributed by atoms with Gasteiger partial charge in [-0.15, -0.1) is 0 Å². The molecule has 0 amide bonds. The van der Waals surface area contributed by atoms with Gasteiger partial charge in [-0.25, -0.2) is 13.1 Å². The highest BCUT2D eigenvalue weighted by molar-refractivity contribution is 7.89. The highest BCUT2D eigenvalue weighted by atomic mass is 32.2. The van der Waals surface area contributed by atoms with Crippen molar-refractivity contribution in [2.45, 2.75) is 39.7 Å². The van der Waals surface area contributed by atoms with E-state index in [0.717, 1.165) is 0 Å². The molecule has 6 heteroatoms. The van der Waals surface area contributed by atoms with Gasteiger partial charge in [0.2, 0.25) is 10.0 Å². The fourth-order valence-corrected chi connectivity index (χ4v) is 2.66. The fourth-order valence-electron chi connectivity index (χ4n) is 1.21. The summed E-state index contributed by atoms with van der Waals surface area (Å²) >= 11 is 0. The molecule has 3 N–H and O–H groups in total. The minimum Gasteiger partial charge on any atom is -0.383 e. The predicted octanol–water partition coefficient (Wildman–Crippen LogP) is 0.706. The maximum atomic E-state index is 11.6. The van der Waals surface area contributed by atoms with Crippen LogP contribution in [0.3, 0.4) is 0 Å². The lowest BCUT2D eigenvalue weighted by molar-refractivity contribution is 0.177. The summed E-state index contributed by atoms with van der Waals surface area (Å²) in [5, 5.41) is 0. The van der Waals surface area contributed by atoms with E-state index in [4.69, 9.17) is 10.5 Å². The first-order chi connectivity index (χ1) is 7.66. The van der Waals surface area contributed by atoms with Crippen molar-refractivity contribution in [2.24, 2.45) is 11.1 Å². The monoisotopic (exact) mass is 266 g/mol. The SMILES string of the molecule is COCC(N)CCNS(=O)(=O)CCC(C)(C)C. The van der Waals surface area contributed by atoms with Crippen LogP contribution < -0.4 is 10.5 Å².